The number of hydrogen-bond donors (Lipinski definition) is 2. The Kier molecular flexibility index (Phi) is 8.34. The minimum Gasteiger partial charge on any atom is -0.616 e. The van der Waals surface area contributed by atoms with Gasteiger partial charge in [0, 0.05) is 57.9 Å². The van der Waals surface area contributed by atoms with Crippen LogP contribution in [-0.2, 0) is 33.5 Å². The van der Waals surface area contributed by atoms with Gasteiger partial charge in [-0.3, -0.25) is 9.80 Å². The van der Waals surface area contributed by atoms with Gasteiger partial charge in [0.05, 0.1) is 29.2 Å². The molecule has 0 saturated carbocycles. The van der Waals surface area contributed by atoms with Crippen molar-refractivity contribution < 1.29 is 22.7 Å². The first-order valence-electron chi connectivity index (χ1n) is 13.1. The monoisotopic (exact) mass is 580 g/mol. The summed E-state index contributed by atoms with van der Waals surface area (Å²) >= 11 is -1.49. The topological polar surface area (TPSA) is 138 Å². The van der Waals surface area contributed by atoms with Crippen LogP contribution < -0.4 is 19.7 Å². The van der Waals surface area contributed by atoms with Crippen molar-refractivity contribution in [2.24, 2.45) is 0 Å². The van der Waals surface area contributed by atoms with Crippen LogP contribution in [0, 0.1) is 0 Å². The van der Waals surface area contributed by atoms with E-state index in [4.69, 9.17) is 19.0 Å². The Hall–Kier alpha value is -1.57. The normalized spacial score (nSPS) is 26.2. The van der Waals surface area contributed by atoms with E-state index in [1.54, 1.807) is 12.1 Å². The molecule has 2 fully saturated rings. The van der Waals surface area contributed by atoms with Crippen LogP contribution in [0.1, 0.15) is 35.5 Å². The van der Waals surface area contributed by atoms with Crippen molar-refractivity contribution >= 4 is 36.3 Å². The second kappa shape index (κ2) is 11.9. The van der Waals surface area contributed by atoms with E-state index in [-0.39, 0.29) is 23.8 Å². The SMILES string of the molecule is O=[PH](Oc1ccc2c(n1)C(N1CC[S+]([O-])CC1)CNC2)Oc1ccc2c(n1)C(N1CC[S+]([O-])CC1)CCN2. The Morgan fingerprint density at radius 2 is 1.47 bits per heavy atom. The van der Waals surface area contributed by atoms with Gasteiger partial charge in [0.15, 0.2) is 0 Å². The Bertz CT molecular complexity index is 1080. The highest BCUT2D eigenvalue weighted by atomic mass is 32.2. The molecule has 0 spiro atoms. The van der Waals surface area contributed by atoms with Gasteiger partial charge in [-0.25, -0.2) is 14.5 Å². The molecule has 6 rings (SSSR count). The number of aromatic nitrogens is 2. The Labute approximate surface area is 229 Å². The lowest BCUT2D eigenvalue weighted by molar-refractivity contribution is 0.195. The molecule has 3 atom stereocenters. The average molecular weight is 581 g/mol. The maximum absolute atomic E-state index is 12.9. The number of hydrogen-bond acceptors (Lipinski definition) is 11. The molecule has 14 heteroatoms. The number of anilines is 1. The fourth-order valence-corrected chi connectivity index (χ4v) is 8.36. The molecule has 0 amide bonds. The molecule has 206 valence electrons. The number of nitrogens with one attached hydrogen (secondary N) is 2. The molecule has 4 aliphatic rings. The van der Waals surface area contributed by atoms with Gasteiger partial charge >= 0.3 is 8.25 Å². The lowest BCUT2D eigenvalue weighted by Crippen LogP contribution is -2.47. The van der Waals surface area contributed by atoms with E-state index in [9.17, 15) is 13.7 Å². The average Bonchev–Trinajstić information content (AvgIpc) is 2.93. The molecular weight excluding hydrogens is 547 g/mol. The highest BCUT2D eigenvalue weighted by molar-refractivity contribution is 7.91. The summed E-state index contributed by atoms with van der Waals surface area (Å²) in [6.07, 6.45) is 0.893. The van der Waals surface area contributed by atoms with Gasteiger partial charge in [0.25, 0.3) is 0 Å². The molecule has 0 aromatic carbocycles. The third-order valence-corrected chi connectivity index (χ3v) is 10.9. The molecule has 38 heavy (non-hydrogen) atoms. The van der Waals surface area contributed by atoms with Crippen molar-refractivity contribution in [3.05, 3.63) is 41.2 Å². The van der Waals surface area contributed by atoms with Crippen LogP contribution in [0.15, 0.2) is 24.3 Å². The summed E-state index contributed by atoms with van der Waals surface area (Å²) in [5.41, 5.74) is 3.80. The van der Waals surface area contributed by atoms with Gasteiger partial charge in [-0.05, 0) is 18.1 Å². The molecule has 6 heterocycles. The predicted octanol–water partition coefficient (Wildman–Crippen LogP) is 1.45. The number of rotatable bonds is 6. The molecule has 11 nitrogen and oxygen atoms in total. The number of nitrogens with zero attached hydrogens (tertiary/aromatic N) is 4. The standard InChI is InChI=1S/C24H33N6O5PS2/c31-36(34-21-3-1-17-15-25-16-20(23(17)27-21)30-9-13-38(33)14-10-30)35-22-4-2-18-24(28-22)19(5-6-26-18)29-7-11-37(32)12-8-29/h1-4,19-20,25-26,36H,5-16H2. The van der Waals surface area contributed by atoms with Crippen LogP contribution in [0.4, 0.5) is 5.69 Å². The lowest BCUT2D eigenvalue weighted by Gasteiger charge is -2.37. The molecule has 0 radical (unpaired) electrons. The summed E-state index contributed by atoms with van der Waals surface area (Å²) < 4.78 is 47.9. The van der Waals surface area contributed by atoms with Gasteiger partial charge in [-0.2, -0.15) is 0 Å². The lowest BCUT2D eigenvalue weighted by atomic mass is 10.0. The van der Waals surface area contributed by atoms with Crippen molar-refractivity contribution in [2.45, 2.75) is 25.0 Å². The van der Waals surface area contributed by atoms with E-state index >= 15 is 0 Å². The van der Waals surface area contributed by atoms with Crippen LogP contribution in [-0.4, -0.2) is 91.2 Å². The van der Waals surface area contributed by atoms with Crippen molar-refractivity contribution in [1.82, 2.24) is 25.1 Å². The van der Waals surface area contributed by atoms with E-state index in [0.29, 0.717) is 29.6 Å². The molecule has 2 N–H and O–H groups in total. The fraction of sp³-hybridized carbons (Fsp3) is 0.583. The molecule has 2 aromatic heterocycles. The van der Waals surface area contributed by atoms with E-state index in [0.717, 1.165) is 68.3 Å². The summed E-state index contributed by atoms with van der Waals surface area (Å²) in [6.45, 7) is 5.39. The molecule has 0 aliphatic carbocycles. The number of pyridine rings is 2. The van der Waals surface area contributed by atoms with E-state index < -0.39 is 30.6 Å². The molecule has 4 aliphatic heterocycles. The Morgan fingerprint density at radius 3 is 2.16 bits per heavy atom. The minimum atomic E-state index is -2.96. The minimum absolute atomic E-state index is 0.0572. The zero-order valence-electron chi connectivity index (χ0n) is 21.1. The second-order valence-electron chi connectivity index (χ2n) is 9.88. The summed E-state index contributed by atoms with van der Waals surface area (Å²) in [5, 5.41) is 6.82. The van der Waals surface area contributed by atoms with E-state index in [1.165, 1.54) is 0 Å². The first-order valence-corrected chi connectivity index (χ1v) is 17.3. The van der Waals surface area contributed by atoms with Crippen LogP contribution >= 0.6 is 8.25 Å². The maximum Gasteiger partial charge on any atom is 0.421 e. The first-order chi connectivity index (χ1) is 18.5. The highest BCUT2D eigenvalue weighted by Crippen LogP contribution is 2.37. The molecule has 2 aromatic rings. The van der Waals surface area contributed by atoms with Crippen LogP contribution in [0.3, 0.4) is 0 Å². The van der Waals surface area contributed by atoms with Crippen LogP contribution in [0.25, 0.3) is 0 Å². The second-order valence-corrected chi connectivity index (χ2v) is 14.2. The zero-order chi connectivity index (χ0) is 26.1. The quantitative estimate of drug-likeness (QED) is 0.379. The Morgan fingerprint density at radius 1 is 0.868 bits per heavy atom. The van der Waals surface area contributed by atoms with Gasteiger partial charge < -0.3 is 28.8 Å². The third-order valence-electron chi connectivity index (χ3n) is 7.59. The smallest absolute Gasteiger partial charge is 0.421 e. The summed E-state index contributed by atoms with van der Waals surface area (Å²) in [6, 6.07) is 7.44. The zero-order valence-corrected chi connectivity index (χ0v) is 23.7. The van der Waals surface area contributed by atoms with Crippen molar-refractivity contribution in [3.8, 4) is 11.8 Å². The van der Waals surface area contributed by atoms with E-state index in [1.807, 2.05) is 12.1 Å². The van der Waals surface area contributed by atoms with Crippen LogP contribution in [0.5, 0.6) is 11.8 Å². The first kappa shape index (κ1) is 26.6. The molecule has 2 saturated heterocycles. The van der Waals surface area contributed by atoms with Gasteiger partial charge in [0.1, 0.15) is 23.0 Å². The fourth-order valence-electron chi connectivity index (χ4n) is 5.59. The van der Waals surface area contributed by atoms with Gasteiger partial charge in [-0.1, -0.05) is 28.4 Å². The van der Waals surface area contributed by atoms with Crippen molar-refractivity contribution in [1.29, 1.82) is 0 Å². The predicted molar refractivity (Wildman–Crippen MR) is 148 cm³/mol. The largest absolute Gasteiger partial charge is 0.616 e. The van der Waals surface area contributed by atoms with Crippen molar-refractivity contribution in [2.75, 3.05) is 67.6 Å². The molecular formula is C24H33N6O5PS2. The van der Waals surface area contributed by atoms with Gasteiger partial charge in [-0.15, -0.1) is 0 Å². The van der Waals surface area contributed by atoms with Crippen LogP contribution in [0.2, 0.25) is 0 Å². The number of fused-ring (bicyclic) bond motifs is 2. The molecule has 0 bridgehead atoms. The Balaban J connectivity index is 1.14. The van der Waals surface area contributed by atoms with Gasteiger partial charge in [0.2, 0.25) is 11.8 Å². The molecule has 3 unspecified atom stereocenters. The summed E-state index contributed by atoms with van der Waals surface area (Å²) in [5.74, 6) is 3.22. The third kappa shape index (κ3) is 5.95. The highest BCUT2D eigenvalue weighted by Gasteiger charge is 2.33. The van der Waals surface area contributed by atoms with Crippen molar-refractivity contribution in [3.63, 3.8) is 0 Å². The van der Waals surface area contributed by atoms with E-state index in [2.05, 4.69) is 20.4 Å². The summed E-state index contributed by atoms with van der Waals surface area (Å²) in [7, 11) is -2.96. The maximum atomic E-state index is 12.9. The summed E-state index contributed by atoms with van der Waals surface area (Å²) in [4.78, 5) is 14.1.